The van der Waals surface area contributed by atoms with Crippen LogP contribution in [-0.2, 0) is 6.54 Å². The number of hydrogen-bond acceptors (Lipinski definition) is 5. The Kier molecular flexibility index (Phi) is 8.00. The van der Waals surface area contributed by atoms with Crippen molar-refractivity contribution < 1.29 is 18.7 Å². The molecule has 0 radical (unpaired) electrons. The Bertz CT molecular complexity index is 1080. The molecule has 0 aliphatic heterocycles. The van der Waals surface area contributed by atoms with Gasteiger partial charge in [0, 0.05) is 30.2 Å². The highest BCUT2D eigenvalue weighted by molar-refractivity contribution is 6.06. The molecule has 1 amide bonds. The normalized spacial score (nSPS) is 11.1. The Morgan fingerprint density at radius 3 is 2.59 bits per heavy atom. The standard InChI is InChI=1S/C25H30FN3O3/c1-5-29(6-2)11-12-32-23-10-7-18(14-24(23)31-4)16-27-25(30)21-13-17(3)28-22-15-19(26)8-9-20(21)22/h7-10,13-15H,5-6,11-12,16H2,1-4H3,(H,27,30). The minimum Gasteiger partial charge on any atom is -0.493 e. The van der Waals surface area contributed by atoms with E-state index in [-0.39, 0.29) is 11.7 Å². The smallest absolute Gasteiger partial charge is 0.252 e. The molecule has 0 fully saturated rings. The van der Waals surface area contributed by atoms with E-state index < -0.39 is 0 Å². The van der Waals surface area contributed by atoms with Crippen LogP contribution >= 0.6 is 0 Å². The van der Waals surface area contributed by atoms with Crippen LogP contribution in [0, 0.1) is 12.7 Å². The van der Waals surface area contributed by atoms with E-state index in [2.05, 4.69) is 29.0 Å². The first-order valence-corrected chi connectivity index (χ1v) is 10.8. The molecule has 0 bridgehead atoms. The van der Waals surface area contributed by atoms with Crippen LogP contribution in [0.3, 0.4) is 0 Å². The number of fused-ring (bicyclic) bond motifs is 1. The molecular formula is C25H30FN3O3. The molecule has 1 aromatic heterocycles. The van der Waals surface area contributed by atoms with Gasteiger partial charge >= 0.3 is 0 Å². The summed E-state index contributed by atoms with van der Waals surface area (Å²) in [7, 11) is 1.60. The third-order valence-electron chi connectivity index (χ3n) is 5.39. The number of nitrogens with one attached hydrogen (secondary N) is 1. The van der Waals surface area contributed by atoms with E-state index in [1.807, 2.05) is 18.2 Å². The van der Waals surface area contributed by atoms with Gasteiger partial charge in [0.2, 0.25) is 0 Å². The zero-order valence-electron chi connectivity index (χ0n) is 19.1. The van der Waals surface area contributed by atoms with Crippen molar-refractivity contribution in [1.29, 1.82) is 0 Å². The molecule has 0 unspecified atom stereocenters. The highest BCUT2D eigenvalue weighted by Crippen LogP contribution is 2.28. The summed E-state index contributed by atoms with van der Waals surface area (Å²) in [6.07, 6.45) is 0. The highest BCUT2D eigenvalue weighted by Gasteiger charge is 2.13. The van der Waals surface area contributed by atoms with Gasteiger partial charge in [-0.2, -0.15) is 0 Å². The summed E-state index contributed by atoms with van der Waals surface area (Å²) in [5, 5.41) is 3.54. The predicted octanol–water partition coefficient (Wildman–Crippen LogP) is 4.34. The average molecular weight is 440 g/mol. The number of likely N-dealkylation sites (N-methyl/N-ethyl adjacent to an activating group) is 1. The molecule has 0 atom stereocenters. The van der Waals surface area contributed by atoms with Crippen LogP contribution in [0.5, 0.6) is 11.5 Å². The van der Waals surface area contributed by atoms with Gasteiger partial charge in [-0.3, -0.25) is 9.78 Å². The van der Waals surface area contributed by atoms with E-state index in [1.165, 1.54) is 12.1 Å². The Morgan fingerprint density at radius 2 is 1.88 bits per heavy atom. The molecular weight excluding hydrogens is 409 g/mol. The van der Waals surface area contributed by atoms with E-state index in [1.54, 1.807) is 26.2 Å². The Labute approximate surface area is 188 Å². The first kappa shape index (κ1) is 23.5. The predicted molar refractivity (Wildman–Crippen MR) is 124 cm³/mol. The van der Waals surface area contributed by atoms with Gasteiger partial charge in [-0.1, -0.05) is 19.9 Å². The van der Waals surface area contributed by atoms with Crippen LogP contribution in [0.1, 0.15) is 35.5 Å². The number of amides is 1. The Balaban J connectivity index is 1.68. The van der Waals surface area contributed by atoms with Gasteiger partial charge < -0.3 is 19.7 Å². The van der Waals surface area contributed by atoms with Crippen LogP contribution in [0.2, 0.25) is 0 Å². The second-order valence-electron chi connectivity index (χ2n) is 7.52. The van der Waals surface area contributed by atoms with Crippen LogP contribution in [-0.4, -0.2) is 49.1 Å². The zero-order chi connectivity index (χ0) is 23.1. The van der Waals surface area contributed by atoms with E-state index >= 15 is 0 Å². The van der Waals surface area contributed by atoms with Crippen LogP contribution in [0.15, 0.2) is 42.5 Å². The number of carbonyl (C=O) groups is 1. The fraction of sp³-hybridized carbons (Fsp3) is 0.360. The monoisotopic (exact) mass is 439 g/mol. The zero-order valence-corrected chi connectivity index (χ0v) is 19.1. The van der Waals surface area contributed by atoms with Gasteiger partial charge in [0.15, 0.2) is 11.5 Å². The topological polar surface area (TPSA) is 63.7 Å². The fourth-order valence-electron chi connectivity index (χ4n) is 3.57. The number of ether oxygens (including phenoxy) is 2. The fourth-order valence-corrected chi connectivity index (χ4v) is 3.57. The molecule has 3 rings (SSSR count). The number of rotatable bonds is 10. The number of hydrogen-bond donors (Lipinski definition) is 1. The van der Waals surface area contributed by atoms with Crippen molar-refractivity contribution in [3.8, 4) is 11.5 Å². The molecule has 7 heteroatoms. The molecule has 0 aliphatic rings. The van der Waals surface area contributed by atoms with Crippen LogP contribution in [0.4, 0.5) is 4.39 Å². The third kappa shape index (κ3) is 5.73. The molecule has 0 aliphatic carbocycles. The molecule has 1 N–H and O–H groups in total. The lowest BCUT2D eigenvalue weighted by Crippen LogP contribution is -2.28. The molecule has 1 heterocycles. The maximum Gasteiger partial charge on any atom is 0.252 e. The summed E-state index contributed by atoms with van der Waals surface area (Å²) in [5.41, 5.74) is 2.47. The van der Waals surface area contributed by atoms with Crippen molar-refractivity contribution in [2.45, 2.75) is 27.3 Å². The maximum absolute atomic E-state index is 13.6. The van der Waals surface area contributed by atoms with E-state index in [0.717, 1.165) is 25.2 Å². The Morgan fingerprint density at radius 1 is 1.09 bits per heavy atom. The largest absolute Gasteiger partial charge is 0.493 e. The van der Waals surface area contributed by atoms with Gasteiger partial charge in [0.25, 0.3) is 5.91 Å². The first-order chi connectivity index (χ1) is 15.4. The molecule has 3 aromatic rings. The number of nitrogens with zero attached hydrogens (tertiary/aromatic N) is 2. The second kappa shape index (κ2) is 10.9. The van der Waals surface area contributed by atoms with E-state index in [9.17, 15) is 9.18 Å². The Hall–Kier alpha value is -3.19. The summed E-state index contributed by atoms with van der Waals surface area (Å²) in [4.78, 5) is 19.5. The summed E-state index contributed by atoms with van der Waals surface area (Å²) < 4.78 is 24.9. The minimum atomic E-state index is -0.381. The molecule has 6 nitrogen and oxygen atoms in total. The number of pyridine rings is 1. The van der Waals surface area contributed by atoms with E-state index in [4.69, 9.17) is 9.47 Å². The van der Waals surface area contributed by atoms with Crippen LogP contribution in [0.25, 0.3) is 10.9 Å². The quantitative estimate of drug-likeness (QED) is 0.509. The third-order valence-corrected chi connectivity index (χ3v) is 5.39. The lowest BCUT2D eigenvalue weighted by Gasteiger charge is -2.19. The first-order valence-electron chi connectivity index (χ1n) is 10.8. The maximum atomic E-state index is 13.6. The number of benzene rings is 2. The summed E-state index contributed by atoms with van der Waals surface area (Å²) in [6, 6.07) is 11.6. The number of aromatic nitrogens is 1. The molecule has 0 saturated heterocycles. The molecule has 170 valence electrons. The number of aryl methyl sites for hydroxylation is 1. The van der Waals surface area contributed by atoms with Gasteiger partial charge in [0.1, 0.15) is 12.4 Å². The molecule has 0 saturated carbocycles. The highest BCUT2D eigenvalue weighted by atomic mass is 19.1. The van der Waals surface area contributed by atoms with Gasteiger partial charge in [0.05, 0.1) is 18.2 Å². The van der Waals surface area contributed by atoms with Gasteiger partial charge in [-0.15, -0.1) is 0 Å². The van der Waals surface area contributed by atoms with Crippen molar-refractivity contribution in [1.82, 2.24) is 15.2 Å². The molecule has 0 spiro atoms. The lowest BCUT2D eigenvalue weighted by atomic mass is 10.1. The SMILES string of the molecule is CCN(CC)CCOc1ccc(CNC(=O)c2cc(C)nc3cc(F)ccc23)cc1OC. The number of halogens is 1. The summed E-state index contributed by atoms with van der Waals surface area (Å²) in [5.74, 6) is 0.670. The van der Waals surface area contributed by atoms with Gasteiger partial charge in [-0.05, 0) is 55.9 Å². The molecule has 32 heavy (non-hydrogen) atoms. The van der Waals surface area contributed by atoms with Crippen molar-refractivity contribution in [3.63, 3.8) is 0 Å². The van der Waals surface area contributed by atoms with Crippen molar-refractivity contribution in [3.05, 3.63) is 65.1 Å². The minimum absolute atomic E-state index is 0.245. The van der Waals surface area contributed by atoms with Gasteiger partial charge in [-0.25, -0.2) is 4.39 Å². The lowest BCUT2D eigenvalue weighted by molar-refractivity contribution is 0.0952. The summed E-state index contributed by atoms with van der Waals surface area (Å²) in [6.45, 7) is 9.74. The van der Waals surface area contributed by atoms with Crippen LogP contribution < -0.4 is 14.8 Å². The number of methoxy groups -OCH3 is 1. The van der Waals surface area contributed by atoms with Crippen molar-refractivity contribution in [2.75, 3.05) is 33.4 Å². The van der Waals surface area contributed by atoms with Crippen molar-refractivity contribution >= 4 is 16.8 Å². The number of carbonyl (C=O) groups excluding carboxylic acids is 1. The molecule has 2 aromatic carbocycles. The summed E-state index contributed by atoms with van der Waals surface area (Å²) >= 11 is 0. The van der Waals surface area contributed by atoms with E-state index in [0.29, 0.717) is 46.8 Å². The average Bonchev–Trinajstić information content (AvgIpc) is 2.79. The van der Waals surface area contributed by atoms with Crippen molar-refractivity contribution in [2.24, 2.45) is 0 Å². The second-order valence-corrected chi connectivity index (χ2v) is 7.52.